The van der Waals surface area contributed by atoms with Gasteiger partial charge < -0.3 is 9.47 Å². The molecular weight excluding hydrogens is 392 g/mol. The first-order valence-electron chi connectivity index (χ1n) is 8.74. The van der Waals surface area contributed by atoms with E-state index in [1.54, 1.807) is 24.3 Å². The highest BCUT2D eigenvalue weighted by Gasteiger charge is 2.19. The van der Waals surface area contributed by atoms with E-state index in [0.29, 0.717) is 22.7 Å². The zero-order chi connectivity index (χ0) is 20.6. The van der Waals surface area contributed by atoms with Crippen molar-refractivity contribution in [2.24, 2.45) is 0 Å². The van der Waals surface area contributed by atoms with E-state index in [0.717, 1.165) is 11.3 Å². The molecule has 0 unspecified atom stereocenters. The molecule has 1 heterocycles. The number of nitrogens with zero attached hydrogens (tertiary/aromatic N) is 1. The monoisotopic (exact) mass is 410 g/mol. The lowest BCUT2D eigenvalue weighted by molar-refractivity contribution is -0.155. The second kappa shape index (κ2) is 9.61. The lowest BCUT2D eigenvalue weighted by atomic mass is 10.2. The minimum absolute atomic E-state index is 0.354. The summed E-state index contributed by atoms with van der Waals surface area (Å²) in [6.07, 6.45) is -0.295. The van der Waals surface area contributed by atoms with E-state index >= 15 is 0 Å². The Bertz CT molecular complexity index is 986. The number of carbonyl (C=O) groups is 3. The molecule has 0 aliphatic carbocycles. The van der Waals surface area contributed by atoms with Crippen molar-refractivity contribution < 1.29 is 23.9 Å². The van der Waals surface area contributed by atoms with Gasteiger partial charge in [0.25, 0.3) is 5.91 Å². The Labute approximate surface area is 171 Å². The molecule has 3 rings (SSSR count). The minimum atomic E-state index is -1.01. The SMILES string of the molecule is C[C@H](OC(=O)COc1ccc(C=O)cc1)C(=O)Nc1nc(-c2ccccc2)cs1. The molecule has 0 aliphatic heterocycles. The second-order valence-electron chi connectivity index (χ2n) is 6.00. The molecule has 8 heteroatoms. The van der Waals surface area contributed by atoms with Gasteiger partial charge in [-0.05, 0) is 31.2 Å². The highest BCUT2D eigenvalue weighted by atomic mass is 32.1. The van der Waals surface area contributed by atoms with Gasteiger partial charge in [-0.3, -0.25) is 14.9 Å². The van der Waals surface area contributed by atoms with Gasteiger partial charge in [-0.15, -0.1) is 11.3 Å². The highest BCUT2D eigenvalue weighted by molar-refractivity contribution is 7.14. The number of amides is 1. The first-order valence-corrected chi connectivity index (χ1v) is 9.62. The molecule has 0 fully saturated rings. The number of benzene rings is 2. The van der Waals surface area contributed by atoms with Crippen LogP contribution < -0.4 is 10.1 Å². The van der Waals surface area contributed by atoms with Crippen molar-refractivity contribution in [1.82, 2.24) is 4.98 Å². The standard InChI is InChI=1S/C21H18N2O5S/c1-14(28-19(25)12-27-17-9-7-15(11-24)8-10-17)20(26)23-21-22-18(13-29-21)16-5-3-2-4-6-16/h2-11,13-14H,12H2,1H3,(H,22,23,26)/t14-/m0/s1. The number of esters is 1. The van der Waals surface area contributed by atoms with Crippen molar-refractivity contribution in [3.8, 4) is 17.0 Å². The zero-order valence-corrected chi connectivity index (χ0v) is 16.3. The van der Waals surface area contributed by atoms with Crippen LogP contribution in [0.1, 0.15) is 17.3 Å². The molecule has 29 heavy (non-hydrogen) atoms. The van der Waals surface area contributed by atoms with Crippen LogP contribution in [0.2, 0.25) is 0 Å². The summed E-state index contributed by atoms with van der Waals surface area (Å²) in [5, 5.41) is 4.90. The van der Waals surface area contributed by atoms with Gasteiger partial charge in [0.15, 0.2) is 17.8 Å². The largest absolute Gasteiger partial charge is 0.482 e. The fourth-order valence-electron chi connectivity index (χ4n) is 2.35. The van der Waals surface area contributed by atoms with Gasteiger partial charge in [0, 0.05) is 16.5 Å². The number of thiazole rings is 1. The van der Waals surface area contributed by atoms with E-state index in [9.17, 15) is 14.4 Å². The van der Waals surface area contributed by atoms with Crippen LogP contribution in [0.3, 0.4) is 0 Å². The third kappa shape index (κ3) is 5.73. The molecule has 1 amide bonds. The van der Waals surface area contributed by atoms with Crippen LogP contribution in [0.25, 0.3) is 11.3 Å². The fourth-order valence-corrected chi connectivity index (χ4v) is 3.07. The molecule has 1 N–H and O–H groups in total. The van der Waals surface area contributed by atoms with Crippen LogP contribution in [-0.2, 0) is 14.3 Å². The molecule has 0 spiro atoms. The molecule has 2 aromatic carbocycles. The molecule has 0 saturated carbocycles. The van der Waals surface area contributed by atoms with Gasteiger partial charge in [-0.2, -0.15) is 0 Å². The van der Waals surface area contributed by atoms with Crippen LogP contribution in [0.4, 0.5) is 5.13 Å². The van der Waals surface area contributed by atoms with Crippen LogP contribution in [0.5, 0.6) is 5.75 Å². The molecule has 0 aliphatic rings. The Kier molecular flexibility index (Phi) is 6.70. The minimum Gasteiger partial charge on any atom is -0.482 e. The van der Waals surface area contributed by atoms with Crippen molar-refractivity contribution in [3.05, 3.63) is 65.5 Å². The third-order valence-corrected chi connectivity index (χ3v) is 4.61. The Morgan fingerprint density at radius 3 is 2.55 bits per heavy atom. The maximum atomic E-state index is 12.2. The smallest absolute Gasteiger partial charge is 0.344 e. The first kappa shape index (κ1) is 20.2. The lowest BCUT2D eigenvalue weighted by Gasteiger charge is -2.13. The van der Waals surface area contributed by atoms with Crippen molar-refractivity contribution in [1.29, 1.82) is 0 Å². The Hall–Kier alpha value is -3.52. The van der Waals surface area contributed by atoms with Gasteiger partial charge in [0.1, 0.15) is 12.0 Å². The van der Waals surface area contributed by atoms with E-state index in [1.165, 1.54) is 18.3 Å². The topological polar surface area (TPSA) is 94.6 Å². The number of nitrogens with one attached hydrogen (secondary N) is 1. The normalized spacial score (nSPS) is 11.3. The summed E-state index contributed by atoms with van der Waals surface area (Å²) in [6, 6.07) is 15.9. The van der Waals surface area contributed by atoms with Crippen molar-refractivity contribution in [2.75, 3.05) is 11.9 Å². The first-order chi connectivity index (χ1) is 14.0. The number of aromatic nitrogens is 1. The average molecular weight is 410 g/mol. The molecule has 3 aromatic rings. The Balaban J connectivity index is 1.47. The van der Waals surface area contributed by atoms with Gasteiger partial charge in [0.05, 0.1) is 5.69 Å². The average Bonchev–Trinajstić information content (AvgIpc) is 3.21. The zero-order valence-electron chi connectivity index (χ0n) is 15.5. The maximum Gasteiger partial charge on any atom is 0.344 e. The predicted molar refractivity (Wildman–Crippen MR) is 109 cm³/mol. The molecule has 0 saturated heterocycles. The van der Waals surface area contributed by atoms with Crippen molar-refractivity contribution in [3.63, 3.8) is 0 Å². The number of ether oxygens (including phenoxy) is 2. The molecular formula is C21H18N2O5S. The van der Waals surface area contributed by atoms with Gasteiger partial charge in [0.2, 0.25) is 0 Å². The van der Waals surface area contributed by atoms with E-state index in [1.807, 2.05) is 35.7 Å². The summed E-state index contributed by atoms with van der Waals surface area (Å²) in [5.74, 6) is -0.750. The highest BCUT2D eigenvalue weighted by Crippen LogP contribution is 2.24. The summed E-state index contributed by atoms with van der Waals surface area (Å²) in [7, 11) is 0. The fraction of sp³-hybridized carbons (Fsp3) is 0.143. The summed E-state index contributed by atoms with van der Waals surface area (Å²) >= 11 is 1.29. The summed E-state index contributed by atoms with van der Waals surface area (Å²) in [5.41, 5.74) is 2.20. The number of carbonyl (C=O) groups excluding carboxylic acids is 3. The summed E-state index contributed by atoms with van der Waals surface area (Å²) in [6.45, 7) is 1.12. The van der Waals surface area contributed by atoms with Gasteiger partial charge in [-0.25, -0.2) is 9.78 Å². The van der Waals surface area contributed by atoms with E-state index < -0.39 is 18.0 Å². The quantitative estimate of drug-likeness (QED) is 0.451. The van der Waals surface area contributed by atoms with E-state index in [2.05, 4.69) is 10.3 Å². The third-order valence-electron chi connectivity index (χ3n) is 3.85. The number of hydrogen-bond donors (Lipinski definition) is 1. The van der Waals surface area contributed by atoms with E-state index in [4.69, 9.17) is 9.47 Å². The van der Waals surface area contributed by atoms with Crippen LogP contribution in [0, 0.1) is 0 Å². The predicted octanol–water partition coefficient (Wildman–Crippen LogP) is 3.57. The van der Waals surface area contributed by atoms with Crippen molar-refractivity contribution >= 4 is 34.6 Å². The van der Waals surface area contributed by atoms with Gasteiger partial charge >= 0.3 is 5.97 Å². The molecule has 148 valence electrons. The van der Waals surface area contributed by atoms with Crippen LogP contribution in [-0.4, -0.2) is 35.9 Å². The lowest BCUT2D eigenvalue weighted by Crippen LogP contribution is -2.31. The van der Waals surface area contributed by atoms with Crippen molar-refractivity contribution in [2.45, 2.75) is 13.0 Å². The molecule has 1 aromatic heterocycles. The summed E-state index contributed by atoms with van der Waals surface area (Å²) in [4.78, 5) is 39.1. The molecule has 1 atom stereocenters. The Morgan fingerprint density at radius 2 is 1.86 bits per heavy atom. The number of hydrogen-bond acceptors (Lipinski definition) is 7. The van der Waals surface area contributed by atoms with Gasteiger partial charge in [-0.1, -0.05) is 30.3 Å². The molecule has 7 nitrogen and oxygen atoms in total. The summed E-state index contributed by atoms with van der Waals surface area (Å²) < 4.78 is 10.4. The van der Waals surface area contributed by atoms with Crippen LogP contribution >= 0.6 is 11.3 Å². The molecule has 0 bridgehead atoms. The molecule has 0 radical (unpaired) electrons. The number of aldehydes is 1. The number of anilines is 1. The Morgan fingerprint density at radius 1 is 1.14 bits per heavy atom. The maximum absolute atomic E-state index is 12.2. The van der Waals surface area contributed by atoms with E-state index in [-0.39, 0.29) is 6.61 Å². The second-order valence-corrected chi connectivity index (χ2v) is 6.86. The number of rotatable bonds is 8. The van der Waals surface area contributed by atoms with Crippen LogP contribution in [0.15, 0.2) is 60.0 Å².